The third kappa shape index (κ3) is 3.63. The van der Waals surface area contributed by atoms with Crippen molar-refractivity contribution in [1.82, 2.24) is 14.9 Å². The van der Waals surface area contributed by atoms with Crippen LogP contribution in [0, 0.1) is 13.8 Å². The maximum atomic E-state index is 11.9. The molecule has 6 nitrogen and oxygen atoms in total. The molecule has 1 aliphatic rings. The normalized spacial score (nSPS) is 14.2. The fourth-order valence-corrected chi connectivity index (χ4v) is 3.16. The van der Waals surface area contributed by atoms with Crippen LogP contribution >= 0.6 is 0 Å². The molecule has 0 spiro atoms. The van der Waals surface area contributed by atoms with Crippen LogP contribution in [-0.2, 0) is 9.59 Å². The Labute approximate surface area is 147 Å². The molecule has 1 aliphatic heterocycles. The largest absolute Gasteiger partial charge is 0.334 e. The molecule has 25 heavy (non-hydrogen) atoms. The summed E-state index contributed by atoms with van der Waals surface area (Å²) in [5, 5.41) is 3.96. The predicted molar refractivity (Wildman–Crippen MR) is 96.8 cm³/mol. The van der Waals surface area contributed by atoms with Gasteiger partial charge in [-0.2, -0.15) is 5.10 Å². The third-order valence-electron chi connectivity index (χ3n) is 4.44. The second kappa shape index (κ2) is 7.34. The van der Waals surface area contributed by atoms with Crippen molar-refractivity contribution >= 4 is 18.0 Å². The fraction of sp³-hybridized carbons (Fsp3) is 0.316. The Morgan fingerprint density at radius 1 is 1.12 bits per heavy atom. The van der Waals surface area contributed by atoms with Gasteiger partial charge in [0.1, 0.15) is 0 Å². The van der Waals surface area contributed by atoms with Crippen molar-refractivity contribution < 1.29 is 9.59 Å². The number of likely N-dealkylation sites (tertiary alicyclic amines) is 1. The smallest absolute Gasteiger partial charge is 0.329 e. The first-order chi connectivity index (χ1) is 12.1. The van der Waals surface area contributed by atoms with E-state index in [9.17, 15) is 9.59 Å². The van der Waals surface area contributed by atoms with Crippen molar-refractivity contribution in [3.05, 3.63) is 53.3 Å². The zero-order chi connectivity index (χ0) is 17.8. The number of aromatic nitrogens is 1. The highest BCUT2D eigenvalue weighted by Gasteiger charge is 2.24. The van der Waals surface area contributed by atoms with E-state index in [-0.39, 0.29) is 0 Å². The topological polar surface area (TPSA) is 66.7 Å². The molecule has 1 saturated heterocycles. The van der Waals surface area contributed by atoms with Gasteiger partial charge in [0.25, 0.3) is 0 Å². The van der Waals surface area contributed by atoms with Gasteiger partial charge in [0.05, 0.1) is 6.21 Å². The summed E-state index contributed by atoms with van der Waals surface area (Å²) in [7, 11) is 0. The molecule has 1 N–H and O–H groups in total. The van der Waals surface area contributed by atoms with Gasteiger partial charge < -0.3 is 9.47 Å². The van der Waals surface area contributed by atoms with Gasteiger partial charge in [-0.15, -0.1) is 0 Å². The molecule has 0 bridgehead atoms. The first-order valence-corrected chi connectivity index (χ1v) is 8.44. The van der Waals surface area contributed by atoms with E-state index in [0.29, 0.717) is 13.1 Å². The zero-order valence-electron chi connectivity index (χ0n) is 14.5. The number of nitrogens with zero attached hydrogens (tertiary/aromatic N) is 3. The molecule has 0 unspecified atom stereocenters. The Kier molecular flexibility index (Phi) is 4.97. The van der Waals surface area contributed by atoms with Crippen LogP contribution in [-0.4, -0.2) is 40.6 Å². The van der Waals surface area contributed by atoms with E-state index in [1.165, 1.54) is 0 Å². The van der Waals surface area contributed by atoms with E-state index in [2.05, 4.69) is 15.1 Å². The number of hydrogen-bond donors (Lipinski definition) is 1. The van der Waals surface area contributed by atoms with E-state index in [4.69, 9.17) is 0 Å². The van der Waals surface area contributed by atoms with Crippen LogP contribution in [0.5, 0.6) is 0 Å². The highest BCUT2D eigenvalue weighted by atomic mass is 16.2. The molecule has 1 aromatic heterocycles. The summed E-state index contributed by atoms with van der Waals surface area (Å²) in [6.45, 7) is 5.31. The Hall–Kier alpha value is -2.89. The summed E-state index contributed by atoms with van der Waals surface area (Å²) in [4.78, 5) is 25.4. The molecule has 0 aliphatic carbocycles. The number of rotatable bonds is 3. The first-order valence-electron chi connectivity index (χ1n) is 8.44. The molecule has 1 aromatic carbocycles. The Morgan fingerprint density at radius 3 is 2.48 bits per heavy atom. The summed E-state index contributed by atoms with van der Waals surface area (Å²) in [5.41, 5.74) is 6.40. The van der Waals surface area contributed by atoms with Crippen molar-refractivity contribution in [1.29, 1.82) is 0 Å². The quantitative estimate of drug-likeness (QED) is 0.529. The summed E-state index contributed by atoms with van der Waals surface area (Å²) in [6.07, 6.45) is 3.48. The number of para-hydroxylation sites is 1. The van der Waals surface area contributed by atoms with Crippen LogP contribution in [0.1, 0.15) is 29.8 Å². The van der Waals surface area contributed by atoms with E-state index >= 15 is 0 Å². The molecule has 2 heterocycles. The van der Waals surface area contributed by atoms with Gasteiger partial charge in [-0.3, -0.25) is 9.59 Å². The lowest BCUT2D eigenvalue weighted by Crippen LogP contribution is -2.39. The second-order valence-electron chi connectivity index (χ2n) is 6.20. The highest BCUT2D eigenvalue weighted by molar-refractivity contribution is 6.35. The van der Waals surface area contributed by atoms with Crippen LogP contribution in [0.2, 0.25) is 0 Å². The lowest BCUT2D eigenvalue weighted by atomic mass is 10.2. The first kappa shape index (κ1) is 17.0. The molecule has 1 fully saturated rings. The van der Waals surface area contributed by atoms with E-state index in [0.717, 1.165) is 35.5 Å². The van der Waals surface area contributed by atoms with Crippen molar-refractivity contribution in [2.75, 3.05) is 13.1 Å². The average molecular weight is 338 g/mol. The Bertz CT molecular complexity index is 802. The lowest BCUT2D eigenvalue weighted by Gasteiger charge is -2.12. The Morgan fingerprint density at radius 2 is 1.80 bits per heavy atom. The molecule has 6 heteroatoms. The summed E-state index contributed by atoms with van der Waals surface area (Å²) >= 11 is 0. The van der Waals surface area contributed by atoms with E-state index in [1.54, 1.807) is 11.1 Å². The highest BCUT2D eigenvalue weighted by Crippen LogP contribution is 2.19. The molecular weight excluding hydrogens is 316 g/mol. The fourth-order valence-electron chi connectivity index (χ4n) is 3.16. The summed E-state index contributed by atoms with van der Waals surface area (Å²) in [5.74, 6) is -1.19. The minimum absolute atomic E-state index is 0.510. The average Bonchev–Trinajstić information content (AvgIpc) is 3.24. The van der Waals surface area contributed by atoms with Crippen molar-refractivity contribution in [2.45, 2.75) is 26.7 Å². The number of nitrogens with one attached hydrogen (secondary N) is 1. The van der Waals surface area contributed by atoms with Crippen molar-refractivity contribution in [3.8, 4) is 5.69 Å². The molecule has 2 amide bonds. The molecule has 130 valence electrons. The second-order valence-corrected chi connectivity index (χ2v) is 6.20. The van der Waals surface area contributed by atoms with Crippen LogP contribution < -0.4 is 5.43 Å². The predicted octanol–water partition coefficient (Wildman–Crippen LogP) is 2.17. The summed E-state index contributed by atoms with van der Waals surface area (Å²) in [6, 6.07) is 12.0. The van der Waals surface area contributed by atoms with Gasteiger partial charge in [0.15, 0.2) is 0 Å². The third-order valence-corrected chi connectivity index (χ3v) is 4.44. The molecule has 2 aromatic rings. The number of hydrazone groups is 1. The van der Waals surface area contributed by atoms with Gasteiger partial charge in [0, 0.05) is 35.7 Å². The molecule has 0 radical (unpaired) electrons. The van der Waals surface area contributed by atoms with Gasteiger partial charge >= 0.3 is 11.8 Å². The molecule has 3 rings (SSSR count). The van der Waals surface area contributed by atoms with Crippen molar-refractivity contribution in [3.63, 3.8) is 0 Å². The van der Waals surface area contributed by atoms with Crippen LogP contribution in [0.25, 0.3) is 5.69 Å². The maximum absolute atomic E-state index is 11.9. The number of carbonyl (C=O) groups is 2. The minimum Gasteiger partial charge on any atom is -0.334 e. The maximum Gasteiger partial charge on any atom is 0.329 e. The lowest BCUT2D eigenvalue weighted by molar-refractivity contribution is -0.145. The zero-order valence-corrected chi connectivity index (χ0v) is 14.5. The standard InChI is InChI=1S/C19H22N4O2/c1-14-12-16(15(2)23(14)17-8-4-3-5-9-17)13-20-21-18(24)19(25)22-10-6-7-11-22/h3-5,8-9,12-13H,6-7,10-11H2,1-2H3,(H,21,24)/b20-13-. The van der Waals surface area contributed by atoms with E-state index in [1.807, 2.05) is 50.2 Å². The monoisotopic (exact) mass is 338 g/mol. The van der Waals surface area contributed by atoms with Crippen LogP contribution in [0.15, 0.2) is 41.5 Å². The van der Waals surface area contributed by atoms with E-state index < -0.39 is 11.8 Å². The minimum atomic E-state index is -0.685. The molecular formula is C19H22N4O2. The molecule has 0 atom stereocenters. The number of benzene rings is 1. The van der Waals surface area contributed by atoms with Gasteiger partial charge in [-0.1, -0.05) is 18.2 Å². The van der Waals surface area contributed by atoms with Crippen LogP contribution in [0.3, 0.4) is 0 Å². The number of hydrogen-bond acceptors (Lipinski definition) is 3. The Balaban J connectivity index is 1.70. The summed E-state index contributed by atoms with van der Waals surface area (Å²) < 4.78 is 2.12. The van der Waals surface area contributed by atoms with Crippen LogP contribution in [0.4, 0.5) is 0 Å². The van der Waals surface area contributed by atoms with Crippen molar-refractivity contribution in [2.24, 2.45) is 5.10 Å². The number of carbonyl (C=O) groups excluding carboxylic acids is 2. The van der Waals surface area contributed by atoms with Gasteiger partial charge in [-0.05, 0) is 44.9 Å². The molecule has 0 saturated carbocycles. The number of aryl methyl sites for hydroxylation is 1. The number of amides is 2. The van der Waals surface area contributed by atoms with Gasteiger partial charge in [0.2, 0.25) is 0 Å². The SMILES string of the molecule is Cc1cc(/C=N\NC(=O)C(=O)N2CCCC2)c(C)n1-c1ccccc1. The van der Waals surface area contributed by atoms with Gasteiger partial charge in [-0.25, -0.2) is 5.43 Å².